The van der Waals surface area contributed by atoms with Gasteiger partial charge in [0.2, 0.25) is 5.91 Å². The largest absolute Gasteiger partial charge is 0.456 e. The van der Waals surface area contributed by atoms with Crippen molar-refractivity contribution in [2.75, 3.05) is 5.32 Å². The highest BCUT2D eigenvalue weighted by Gasteiger charge is 2.66. The maximum Gasteiger partial charge on any atom is 0.291 e. The Morgan fingerprint density at radius 2 is 1.78 bits per heavy atom. The summed E-state index contributed by atoms with van der Waals surface area (Å²) in [5, 5.41) is 6.95. The molecule has 6 nitrogen and oxygen atoms in total. The molecule has 1 atom stereocenters. The summed E-state index contributed by atoms with van der Waals surface area (Å²) >= 11 is 6.95. The Hall–Kier alpha value is -1.93. The molecule has 1 aromatic heterocycles. The predicted octanol–water partition coefficient (Wildman–Crippen LogP) is 4.58. The number of nitrogens with zero attached hydrogens (tertiary/aromatic N) is 1. The molecule has 0 spiro atoms. The Labute approximate surface area is 174 Å². The van der Waals surface area contributed by atoms with Crippen LogP contribution in [0.3, 0.4) is 0 Å². The molecule has 1 heterocycles. The fraction of sp³-hybridized carbons (Fsp3) is 0.316. The molecule has 0 bridgehead atoms. The summed E-state index contributed by atoms with van der Waals surface area (Å²) in [6.07, 6.45) is 0.698. The van der Waals surface area contributed by atoms with Gasteiger partial charge in [0, 0.05) is 5.69 Å². The number of benzene rings is 1. The van der Waals surface area contributed by atoms with Crippen LogP contribution in [0.25, 0.3) is 0 Å². The lowest BCUT2D eigenvalue weighted by atomic mass is 10.1. The summed E-state index contributed by atoms with van der Waals surface area (Å²) in [6.45, 7) is 5.46. The molecular formula is C19H19Br2N3O3. The van der Waals surface area contributed by atoms with Crippen molar-refractivity contribution in [1.82, 2.24) is 5.43 Å². The number of aryl methyl sites for hydroxylation is 1. The second-order valence-electron chi connectivity index (χ2n) is 6.79. The van der Waals surface area contributed by atoms with E-state index in [0.717, 1.165) is 5.56 Å². The molecule has 2 N–H and O–H groups in total. The van der Waals surface area contributed by atoms with Gasteiger partial charge in [-0.2, -0.15) is 5.10 Å². The molecule has 3 rings (SSSR count). The van der Waals surface area contributed by atoms with Crippen LogP contribution in [0.4, 0.5) is 5.69 Å². The SMILES string of the molecule is C/C(=N/NC(=O)[C@]1(C)CC1(Br)Br)c1ccc(NC(=O)c2ccc(C)o2)cc1. The number of carbonyl (C=O) groups excluding carboxylic acids is 2. The maximum atomic E-state index is 12.3. The third-order valence-electron chi connectivity index (χ3n) is 4.61. The van der Waals surface area contributed by atoms with Gasteiger partial charge in [-0.05, 0) is 57.0 Å². The Kier molecular flexibility index (Phi) is 5.31. The van der Waals surface area contributed by atoms with Crippen LogP contribution in [0.2, 0.25) is 0 Å². The van der Waals surface area contributed by atoms with E-state index in [1.807, 2.05) is 26.0 Å². The van der Waals surface area contributed by atoms with E-state index in [1.165, 1.54) is 0 Å². The molecule has 1 aliphatic carbocycles. The van der Waals surface area contributed by atoms with Crippen LogP contribution in [0, 0.1) is 12.3 Å². The van der Waals surface area contributed by atoms with E-state index >= 15 is 0 Å². The van der Waals surface area contributed by atoms with Crippen LogP contribution in [0.5, 0.6) is 0 Å². The van der Waals surface area contributed by atoms with E-state index in [9.17, 15) is 9.59 Å². The first-order valence-electron chi connectivity index (χ1n) is 8.33. The summed E-state index contributed by atoms with van der Waals surface area (Å²) in [7, 11) is 0. The molecule has 142 valence electrons. The number of amides is 2. The number of rotatable bonds is 5. The van der Waals surface area contributed by atoms with Gasteiger partial charge < -0.3 is 9.73 Å². The summed E-state index contributed by atoms with van der Waals surface area (Å²) in [5.41, 5.74) is 4.25. The topological polar surface area (TPSA) is 83.7 Å². The van der Waals surface area contributed by atoms with Crippen LogP contribution < -0.4 is 10.7 Å². The number of carbonyl (C=O) groups is 2. The van der Waals surface area contributed by atoms with Gasteiger partial charge in [0.05, 0.1) is 14.4 Å². The zero-order valence-electron chi connectivity index (χ0n) is 15.1. The number of anilines is 1. The average Bonchev–Trinajstić information content (AvgIpc) is 2.94. The number of halogens is 2. The van der Waals surface area contributed by atoms with E-state index in [0.29, 0.717) is 23.6 Å². The van der Waals surface area contributed by atoms with Crippen LogP contribution in [-0.4, -0.2) is 20.8 Å². The predicted molar refractivity (Wildman–Crippen MR) is 112 cm³/mol. The summed E-state index contributed by atoms with van der Waals surface area (Å²) in [6, 6.07) is 10.6. The molecule has 8 heteroatoms. The number of hydrogen-bond acceptors (Lipinski definition) is 4. The second kappa shape index (κ2) is 7.24. The van der Waals surface area contributed by atoms with Crippen LogP contribution in [0.1, 0.15) is 42.1 Å². The molecular weight excluding hydrogens is 478 g/mol. The van der Waals surface area contributed by atoms with Crippen molar-refractivity contribution in [3.63, 3.8) is 0 Å². The molecule has 2 aromatic rings. The first-order chi connectivity index (χ1) is 12.6. The van der Waals surface area contributed by atoms with Gasteiger partial charge in [0.25, 0.3) is 5.91 Å². The van der Waals surface area contributed by atoms with Gasteiger partial charge in [0.15, 0.2) is 5.76 Å². The molecule has 2 amide bonds. The normalized spacial score (nSPS) is 20.9. The minimum Gasteiger partial charge on any atom is -0.456 e. The zero-order valence-corrected chi connectivity index (χ0v) is 18.3. The van der Waals surface area contributed by atoms with E-state index in [2.05, 4.69) is 47.7 Å². The summed E-state index contributed by atoms with van der Waals surface area (Å²) in [5.74, 6) is 0.495. The fourth-order valence-corrected chi connectivity index (χ4v) is 3.99. The lowest BCUT2D eigenvalue weighted by molar-refractivity contribution is -0.125. The Morgan fingerprint density at radius 1 is 1.15 bits per heavy atom. The maximum absolute atomic E-state index is 12.3. The lowest BCUT2D eigenvalue weighted by Crippen LogP contribution is -2.30. The van der Waals surface area contributed by atoms with Crippen molar-refractivity contribution in [2.45, 2.75) is 30.4 Å². The van der Waals surface area contributed by atoms with E-state index in [4.69, 9.17) is 4.42 Å². The van der Waals surface area contributed by atoms with Gasteiger partial charge in [-0.15, -0.1) is 0 Å². The minimum atomic E-state index is -0.519. The number of hydrazone groups is 1. The van der Waals surface area contributed by atoms with E-state index < -0.39 is 5.41 Å². The third kappa shape index (κ3) is 4.16. The standard InChI is InChI=1S/C19H19Br2N3O3/c1-11-4-9-15(27-11)16(25)22-14-7-5-13(6-8-14)12(2)23-24-17(26)18(3)10-19(18,20)21/h4-9H,10H2,1-3H3,(H,22,25)(H,24,26)/b23-12-/t18-/m0/s1. The van der Waals surface area contributed by atoms with Gasteiger partial charge >= 0.3 is 0 Å². The highest BCUT2D eigenvalue weighted by atomic mass is 79.9. The molecule has 0 saturated heterocycles. The average molecular weight is 497 g/mol. The molecule has 1 fully saturated rings. The Bertz CT molecular complexity index is 919. The van der Waals surface area contributed by atoms with Gasteiger partial charge in [0.1, 0.15) is 5.76 Å². The monoisotopic (exact) mass is 495 g/mol. The van der Waals surface area contributed by atoms with Crippen molar-refractivity contribution < 1.29 is 14.0 Å². The van der Waals surface area contributed by atoms with Crippen molar-refractivity contribution in [3.05, 3.63) is 53.5 Å². The van der Waals surface area contributed by atoms with Crippen molar-refractivity contribution in [3.8, 4) is 0 Å². The number of furan rings is 1. The smallest absolute Gasteiger partial charge is 0.291 e. The lowest BCUT2D eigenvalue weighted by Gasteiger charge is -2.11. The number of nitrogens with one attached hydrogen (secondary N) is 2. The molecule has 27 heavy (non-hydrogen) atoms. The van der Waals surface area contributed by atoms with E-state index in [-0.39, 0.29) is 20.8 Å². The highest BCUT2D eigenvalue weighted by molar-refractivity contribution is 9.25. The zero-order chi connectivity index (χ0) is 19.8. The fourth-order valence-electron chi connectivity index (χ4n) is 2.51. The van der Waals surface area contributed by atoms with Gasteiger partial charge in [-0.25, -0.2) is 5.43 Å². The molecule has 0 unspecified atom stereocenters. The van der Waals surface area contributed by atoms with Crippen LogP contribution in [0.15, 0.2) is 45.9 Å². The quantitative estimate of drug-likeness (QED) is 0.361. The van der Waals surface area contributed by atoms with Gasteiger partial charge in [-0.3, -0.25) is 9.59 Å². The number of hydrogen-bond donors (Lipinski definition) is 2. The minimum absolute atomic E-state index is 0.145. The molecule has 0 radical (unpaired) electrons. The Balaban J connectivity index is 1.61. The molecule has 1 aliphatic rings. The molecule has 1 saturated carbocycles. The van der Waals surface area contributed by atoms with E-state index in [1.54, 1.807) is 31.2 Å². The molecule has 1 aromatic carbocycles. The summed E-state index contributed by atoms with van der Waals surface area (Å²) in [4.78, 5) is 24.3. The van der Waals surface area contributed by atoms with Crippen LogP contribution in [-0.2, 0) is 4.79 Å². The third-order valence-corrected chi connectivity index (χ3v) is 6.92. The second-order valence-corrected chi connectivity index (χ2v) is 10.6. The summed E-state index contributed by atoms with van der Waals surface area (Å²) < 4.78 is 4.95. The first kappa shape index (κ1) is 19.8. The highest BCUT2D eigenvalue weighted by Crippen LogP contribution is 2.66. The van der Waals surface area contributed by atoms with Crippen molar-refractivity contribution in [2.24, 2.45) is 10.5 Å². The molecule has 0 aliphatic heterocycles. The Morgan fingerprint density at radius 3 is 2.30 bits per heavy atom. The van der Waals surface area contributed by atoms with Crippen molar-refractivity contribution >= 4 is 55.1 Å². The van der Waals surface area contributed by atoms with Gasteiger partial charge in [-0.1, -0.05) is 44.0 Å². The van der Waals surface area contributed by atoms with Crippen LogP contribution >= 0.6 is 31.9 Å². The van der Waals surface area contributed by atoms with Crippen molar-refractivity contribution in [1.29, 1.82) is 0 Å². The number of alkyl halides is 2. The first-order valence-corrected chi connectivity index (χ1v) is 9.92.